The van der Waals surface area contributed by atoms with Crippen LogP contribution in [0.3, 0.4) is 0 Å². The maximum absolute atomic E-state index is 12.4. The Balaban J connectivity index is 1.47. The molecular formula is C21H26N2O2. The third kappa shape index (κ3) is 4.68. The molecule has 1 fully saturated rings. The van der Waals surface area contributed by atoms with E-state index in [9.17, 15) is 9.90 Å². The molecule has 132 valence electrons. The molecule has 1 heterocycles. The fourth-order valence-electron chi connectivity index (χ4n) is 3.38. The Hall–Kier alpha value is -2.17. The second kappa shape index (κ2) is 8.28. The van der Waals surface area contributed by atoms with E-state index < -0.39 is 6.10 Å². The Morgan fingerprint density at radius 3 is 2.44 bits per heavy atom. The van der Waals surface area contributed by atoms with Crippen molar-refractivity contribution in [2.45, 2.75) is 31.9 Å². The smallest absolute Gasteiger partial charge is 0.251 e. The summed E-state index contributed by atoms with van der Waals surface area (Å²) in [4.78, 5) is 14.7. The Bertz CT molecular complexity index is 694. The highest BCUT2D eigenvalue weighted by Gasteiger charge is 2.23. The molecule has 1 unspecified atom stereocenters. The summed E-state index contributed by atoms with van der Waals surface area (Å²) in [5.74, 6) is 0.0147. The van der Waals surface area contributed by atoms with Crippen molar-refractivity contribution in [3.05, 3.63) is 71.3 Å². The summed E-state index contributed by atoms with van der Waals surface area (Å²) in [6.07, 6.45) is 1.37. The second-order valence-electron chi connectivity index (χ2n) is 6.79. The van der Waals surface area contributed by atoms with Crippen molar-refractivity contribution >= 4 is 5.91 Å². The number of benzene rings is 2. The number of carbonyl (C=O) groups is 1. The Morgan fingerprint density at radius 1 is 1.12 bits per heavy atom. The molecule has 1 aliphatic heterocycles. The fraction of sp³-hybridized carbons (Fsp3) is 0.381. The number of hydrogen-bond acceptors (Lipinski definition) is 3. The van der Waals surface area contributed by atoms with Crippen LogP contribution in [0.4, 0.5) is 0 Å². The fourth-order valence-corrected chi connectivity index (χ4v) is 3.38. The van der Waals surface area contributed by atoms with E-state index in [-0.39, 0.29) is 11.9 Å². The molecule has 2 N–H and O–H groups in total. The second-order valence-corrected chi connectivity index (χ2v) is 6.79. The molecule has 3 rings (SSSR count). The highest BCUT2D eigenvalue weighted by atomic mass is 16.3. The number of nitrogens with zero attached hydrogens (tertiary/aromatic N) is 1. The van der Waals surface area contributed by atoms with E-state index in [1.807, 2.05) is 61.5 Å². The van der Waals surface area contributed by atoms with Gasteiger partial charge in [-0.3, -0.25) is 4.79 Å². The minimum Gasteiger partial charge on any atom is -0.387 e. The van der Waals surface area contributed by atoms with Gasteiger partial charge < -0.3 is 15.3 Å². The third-order valence-corrected chi connectivity index (χ3v) is 4.93. The van der Waals surface area contributed by atoms with E-state index in [2.05, 4.69) is 10.2 Å². The molecule has 25 heavy (non-hydrogen) atoms. The number of aliphatic hydroxyl groups is 1. The molecule has 0 radical (unpaired) electrons. The minimum absolute atomic E-state index is 0.0147. The van der Waals surface area contributed by atoms with Gasteiger partial charge in [0.1, 0.15) is 0 Å². The quantitative estimate of drug-likeness (QED) is 0.881. The van der Waals surface area contributed by atoms with Crippen LogP contribution in [0.25, 0.3) is 0 Å². The van der Waals surface area contributed by atoms with E-state index >= 15 is 0 Å². The van der Waals surface area contributed by atoms with E-state index in [0.29, 0.717) is 6.54 Å². The number of amides is 1. The standard InChI is InChI=1S/C21H26N2O2/c1-16-7-5-6-10-19(16)21(25)22-18-11-13-23(14-12-18)15-20(24)17-8-3-2-4-9-17/h2-10,18,20,24H,11-15H2,1H3,(H,22,25). The van der Waals surface area contributed by atoms with Crippen molar-refractivity contribution < 1.29 is 9.90 Å². The topological polar surface area (TPSA) is 52.6 Å². The molecule has 2 aromatic rings. The van der Waals surface area contributed by atoms with Crippen molar-refractivity contribution in [3.63, 3.8) is 0 Å². The maximum Gasteiger partial charge on any atom is 0.251 e. The van der Waals surface area contributed by atoms with E-state index in [1.54, 1.807) is 0 Å². The van der Waals surface area contributed by atoms with Crippen molar-refractivity contribution in [3.8, 4) is 0 Å². The first-order valence-electron chi connectivity index (χ1n) is 8.95. The number of hydrogen-bond donors (Lipinski definition) is 2. The molecule has 0 aromatic heterocycles. The van der Waals surface area contributed by atoms with Gasteiger partial charge in [0.15, 0.2) is 0 Å². The minimum atomic E-state index is -0.459. The lowest BCUT2D eigenvalue weighted by Gasteiger charge is -2.33. The number of carbonyl (C=O) groups excluding carboxylic acids is 1. The zero-order chi connectivity index (χ0) is 17.6. The third-order valence-electron chi connectivity index (χ3n) is 4.93. The van der Waals surface area contributed by atoms with Gasteiger partial charge in [-0.25, -0.2) is 0 Å². The van der Waals surface area contributed by atoms with Gasteiger partial charge in [-0.2, -0.15) is 0 Å². The first kappa shape index (κ1) is 17.6. The number of β-amino-alcohol motifs (C(OH)–C–C–N with tert-alkyl or cyclic N) is 1. The number of likely N-dealkylation sites (tertiary alicyclic amines) is 1. The van der Waals surface area contributed by atoms with Gasteiger partial charge >= 0.3 is 0 Å². The van der Waals surface area contributed by atoms with Crippen LogP contribution in [0.2, 0.25) is 0 Å². The molecule has 0 aliphatic carbocycles. The molecule has 1 saturated heterocycles. The molecular weight excluding hydrogens is 312 g/mol. The number of nitrogens with one attached hydrogen (secondary N) is 1. The van der Waals surface area contributed by atoms with Crippen LogP contribution in [-0.4, -0.2) is 41.6 Å². The zero-order valence-corrected chi connectivity index (χ0v) is 14.7. The number of aliphatic hydroxyl groups excluding tert-OH is 1. The molecule has 4 nitrogen and oxygen atoms in total. The predicted molar refractivity (Wildman–Crippen MR) is 99.5 cm³/mol. The molecule has 0 spiro atoms. The van der Waals surface area contributed by atoms with E-state index in [0.717, 1.165) is 42.6 Å². The molecule has 1 aliphatic rings. The lowest BCUT2D eigenvalue weighted by atomic mass is 10.0. The van der Waals surface area contributed by atoms with Gasteiger partial charge in [0.05, 0.1) is 6.10 Å². The summed E-state index contributed by atoms with van der Waals surface area (Å²) in [6, 6.07) is 17.7. The van der Waals surface area contributed by atoms with Crippen molar-refractivity contribution in [2.24, 2.45) is 0 Å². The van der Waals surface area contributed by atoms with Crippen LogP contribution in [0.1, 0.15) is 40.4 Å². The monoisotopic (exact) mass is 338 g/mol. The van der Waals surface area contributed by atoms with Crippen LogP contribution in [0.5, 0.6) is 0 Å². The maximum atomic E-state index is 12.4. The van der Waals surface area contributed by atoms with E-state index in [4.69, 9.17) is 0 Å². The normalized spacial score (nSPS) is 17.2. The number of rotatable bonds is 5. The average molecular weight is 338 g/mol. The number of aryl methyl sites for hydroxylation is 1. The largest absolute Gasteiger partial charge is 0.387 e. The van der Waals surface area contributed by atoms with Crippen LogP contribution in [0, 0.1) is 6.92 Å². The van der Waals surface area contributed by atoms with Crippen molar-refractivity contribution in [1.82, 2.24) is 10.2 Å². The Morgan fingerprint density at radius 2 is 1.76 bits per heavy atom. The van der Waals surface area contributed by atoms with Gasteiger partial charge in [-0.1, -0.05) is 48.5 Å². The van der Waals surface area contributed by atoms with Gasteiger partial charge in [0.25, 0.3) is 5.91 Å². The van der Waals surface area contributed by atoms with Crippen LogP contribution < -0.4 is 5.32 Å². The summed E-state index contributed by atoms with van der Waals surface area (Å²) >= 11 is 0. The Labute approximate surface area is 149 Å². The summed E-state index contributed by atoms with van der Waals surface area (Å²) in [5, 5.41) is 13.5. The molecule has 0 bridgehead atoms. The molecule has 2 aromatic carbocycles. The average Bonchev–Trinajstić information content (AvgIpc) is 2.64. The lowest BCUT2D eigenvalue weighted by Crippen LogP contribution is -2.45. The van der Waals surface area contributed by atoms with E-state index in [1.165, 1.54) is 0 Å². The molecule has 1 atom stereocenters. The van der Waals surface area contributed by atoms with Crippen LogP contribution in [-0.2, 0) is 0 Å². The first-order chi connectivity index (χ1) is 12.1. The zero-order valence-electron chi connectivity index (χ0n) is 14.7. The lowest BCUT2D eigenvalue weighted by molar-refractivity contribution is 0.0827. The summed E-state index contributed by atoms with van der Waals surface area (Å²) in [7, 11) is 0. The van der Waals surface area contributed by atoms with Crippen molar-refractivity contribution in [1.29, 1.82) is 0 Å². The van der Waals surface area contributed by atoms with Crippen LogP contribution in [0.15, 0.2) is 54.6 Å². The molecule has 1 amide bonds. The number of piperidine rings is 1. The predicted octanol–water partition coefficient (Wildman–Crippen LogP) is 2.92. The summed E-state index contributed by atoms with van der Waals surface area (Å²) in [6.45, 7) is 4.39. The molecule has 0 saturated carbocycles. The summed E-state index contributed by atoms with van der Waals surface area (Å²) < 4.78 is 0. The van der Waals surface area contributed by atoms with Gasteiger partial charge in [-0.05, 0) is 37.0 Å². The summed E-state index contributed by atoms with van der Waals surface area (Å²) in [5.41, 5.74) is 2.71. The Kier molecular flexibility index (Phi) is 5.84. The SMILES string of the molecule is Cc1ccccc1C(=O)NC1CCN(CC(O)c2ccccc2)CC1. The highest BCUT2D eigenvalue weighted by Crippen LogP contribution is 2.18. The van der Waals surface area contributed by atoms with Crippen LogP contribution >= 0.6 is 0 Å². The van der Waals surface area contributed by atoms with Crippen molar-refractivity contribution in [2.75, 3.05) is 19.6 Å². The van der Waals surface area contributed by atoms with Gasteiger partial charge in [0.2, 0.25) is 0 Å². The molecule has 4 heteroatoms. The first-order valence-corrected chi connectivity index (χ1v) is 8.95. The van der Waals surface area contributed by atoms with Gasteiger partial charge in [-0.15, -0.1) is 0 Å². The highest BCUT2D eigenvalue weighted by molar-refractivity contribution is 5.95. The van der Waals surface area contributed by atoms with Gasteiger partial charge in [0, 0.05) is 31.2 Å².